The Hall–Kier alpha value is -1.10. The van der Waals surface area contributed by atoms with Crippen molar-refractivity contribution in [3.63, 3.8) is 0 Å². The number of nitrogens with one attached hydrogen (secondary N) is 1. The van der Waals surface area contributed by atoms with Gasteiger partial charge in [-0.2, -0.15) is 0 Å². The summed E-state index contributed by atoms with van der Waals surface area (Å²) in [6, 6.07) is 0.406. The quantitative estimate of drug-likeness (QED) is 0.790. The highest BCUT2D eigenvalue weighted by atomic mass is 16.5. The standard InChI is InChI=1S/C15H26N2O3/c1-3-20-15(19)13-5-4-8-17(10-13)14(18)12-6-7-16-11(2)9-12/h11-13,16H,3-10H2,1-2H3. The zero-order chi connectivity index (χ0) is 14.5. The van der Waals surface area contributed by atoms with E-state index in [9.17, 15) is 9.59 Å². The number of ether oxygens (including phenoxy) is 1. The molecule has 2 aliphatic rings. The fraction of sp³-hybridized carbons (Fsp3) is 0.867. The van der Waals surface area contributed by atoms with Gasteiger partial charge >= 0.3 is 5.97 Å². The molecule has 2 heterocycles. The Morgan fingerprint density at radius 1 is 1.30 bits per heavy atom. The molecule has 1 amide bonds. The van der Waals surface area contributed by atoms with E-state index in [1.54, 1.807) is 0 Å². The highest BCUT2D eigenvalue weighted by Gasteiger charge is 2.33. The number of likely N-dealkylation sites (tertiary alicyclic amines) is 1. The van der Waals surface area contributed by atoms with E-state index in [0.29, 0.717) is 19.2 Å². The van der Waals surface area contributed by atoms with E-state index in [-0.39, 0.29) is 23.7 Å². The minimum atomic E-state index is -0.149. The summed E-state index contributed by atoms with van der Waals surface area (Å²) >= 11 is 0. The van der Waals surface area contributed by atoms with Crippen LogP contribution in [-0.4, -0.2) is 49.1 Å². The number of hydrogen-bond acceptors (Lipinski definition) is 4. The van der Waals surface area contributed by atoms with Gasteiger partial charge in [0.25, 0.3) is 0 Å². The van der Waals surface area contributed by atoms with Crippen molar-refractivity contribution in [3.8, 4) is 0 Å². The second-order valence-corrected chi connectivity index (χ2v) is 5.95. The normalized spacial score (nSPS) is 30.9. The zero-order valence-electron chi connectivity index (χ0n) is 12.6. The lowest BCUT2D eigenvalue weighted by atomic mass is 9.90. The van der Waals surface area contributed by atoms with E-state index in [4.69, 9.17) is 4.74 Å². The lowest BCUT2D eigenvalue weighted by Gasteiger charge is -2.36. The first-order chi connectivity index (χ1) is 9.61. The van der Waals surface area contributed by atoms with Crippen LogP contribution in [0.15, 0.2) is 0 Å². The number of carbonyl (C=O) groups excluding carboxylic acids is 2. The molecule has 114 valence electrons. The van der Waals surface area contributed by atoms with Gasteiger partial charge in [-0.3, -0.25) is 9.59 Å². The van der Waals surface area contributed by atoms with Gasteiger partial charge in [0.1, 0.15) is 0 Å². The Bertz CT molecular complexity index is 359. The molecule has 0 aromatic heterocycles. The monoisotopic (exact) mass is 282 g/mol. The van der Waals surface area contributed by atoms with Gasteiger partial charge in [0.15, 0.2) is 0 Å². The van der Waals surface area contributed by atoms with E-state index >= 15 is 0 Å². The molecule has 2 saturated heterocycles. The summed E-state index contributed by atoms with van der Waals surface area (Å²) in [6.45, 7) is 6.59. The molecule has 5 nitrogen and oxygen atoms in total. The number of carbonyl (C=O) groups is 2. The summed E-state index contributed by atoms with van der Waals surface area (Å²) in [5.41, 5.74) is 0. The molecule has 3 unspecified atom stereocenters. The van der Waals surface area contributed by atoms with E-state index in [1.165, 1.54) is 0 Å². The van der Waals surface area contributed by atoms with Crippen molar-refractivity contribution in [2.45, 2.75) is 45.6 Å². The van der Waals surface area contributed by atoms with Gasteiger partial charge in [0, 0.05) is 25.0 Å². The van der Waals surface area contributed by atoms with Crippen LogP contribution in [0.3, 0.4) is 0 Å². The van der Waals surface area contributed by atoms with Crippen molar-refractivity contribution in [1.82, 2.24) is 10.2 Å². The van der Waals surface area contributed by atoms with Gasteiger partial charge < -0.3 is 15.0 Å². The summed E-state index contributed by atoms with van der Waals surface area (Å²) in [4.78, 5) is 26.3. The minimum Gasteiger partial charge on any atom is -0.466 e. The van der Waals surface area contributed by atoms with Gasteiger partial charge in [0.05, 0.1) is 12.5 Å². The van der Waals surface area contributed by atoms with Crippen LogP contribution in [0.1, 0.15) is 39.5 Å². The molecule has 0 spiro atoms. The maximum Gasteiger partial charge on any atom is 0.310 e. The van der Waals surface area contributed by atoms with Crippen molar-refractivity contribution >= 4 is 11.9 Å². The number of piperidine rings is 2. The topological polar surface area (TPSA) is 58.6 Å². The van der Waals surface area contributed by atoms with E-state index < -0.39 is 0 Å². The largest absolute Gasteiger partial charge is 0.466 e. The lowest BCUT2D eigenvalue weighted by molar-refractivity contribution is -0.152. The van der Waals surface area contributed by atoms with Crippen LogP contribution in [0.5, 0.6) is 0 Å². The van der Waals surface area contributed by atoms with Gasteiger partial charge in [-0.25, -0.2) is 0 Å². The third-order valence-electron chi connectivity index (χ3n) is 4.33. The Labute approximate surface area is 121 Å². The number of amides is 1. The van der Waals surface area contributed by atoms with Crippen LogP contribution in [0.25, 0.3) is 0 Å². The van der Waals surface area contributed by atoms with Crippen LogP contribution in [0.4, 0.5) is 0 Å². The molecule has 0 aromatic rings. The molecule has 2 fully saturated rings. The van der Waals surface area contributed by atoms with Gasteiger partial charge in [0.2, 0.25) is 5.91 Å². The Morgan fingerprint density at radius 3 is 2.80 bits per heavy atom. The average molecular weight is 282 g/mol. The molecular weight excluding hydrogens is 256 g/mol. The van der Waals surface area contributed by atoms with Crippen molar-refractivity contribution in [1.29, 1.82) is 0 Å². The van der Waals surface area contributed by atoms with Crippen molar-refractivity contribution in [3.05, 3.63) is 0 Å². The highest BCUT2D eigenvalue weighted by molar-refractivity contribution is 5.80. The molecule has 2 aliphatic heterocycles. The maximum atomic E-state index is 12.6. The SMILES string of the molecule is CCOC(=O)C1CCCN(C(=O)C2CCNC(C)C2)C1. The molecule has 2 rings (SSSR count). The van der Waals surface area contributed by atoms with Crippen molar-refractivity contribution in [2.75, 3.05) is 26.2 Å². The number of nitrogens with zero attached hydrogens (tertiary/aromatic N) is 1. The molecule has 20 heavy (non-hydrogen) atoms. The molecule has 5 heteroatoms. The van der Waals surface area contributed by atoms with Crippen molar-refractivity contribution in [2.24, 2.45) is 11.8 Å². The third-order valence-corrected chi connectivity index (χ3v) is 4.33. The summed E-state index contributed by atoms with van der Waals surface area (Å²) < 4.78 is 5.09. The Kier molecular flexibility index (Phi) is 5.40. The van der Waals surface area contributed by atoms with Crippen LogP contribution in [0, 0.1) is 11.8 Å². The summed E-state index contributed by atoms with van der Waals surface area (Å²) in [7, 11) is 0. The third kappa shape index (κ3) is 3.72. The van der Waals surface area contributed by atoms with Gasteiger partial charge in [-0.05, 0) is 46.1 Å². The maximum absolute atomic E-state index is 12.6. The molecular formula is C15H26N2O3. The Balaban J connectivity index is 1.91. The molecule has 1 N–H and O–H groups in total. The second-order valence-electron chi connectivity index (χ2n) is 5.95. The molecule has 0 radical (unpaired) electrons. The van der Waals surface area contributed by atoms with Gasteiger partial charge in [-0.1, -0.05) is 0 Å². The first kappa shape index (κ1) is 15.3. The van der Waals surface area contributed by atoms with Crippen molar-refractivity contribution < 1.29 is 14.3 Å². The van der Waals surface area contributed by atoms with E-state index in [1.807, 2.05) is 11.8 Å². The summed E-state index contributed by atoms with van der Waals surface area (Å²) in [5, 5.41) is 3.37. The predicted molar refractivity (Wildman–Crippen MR) is 76.1 cm³/mol. The van der Waals surface area contributed by atoms with Crippen LogP contribution in [0.2, 0.25) is 0 Å². The number of rotatable bonds is 3. The van der Waals surface area contributed by atoms with Crippen LogP contribution in [-0.2, 0) is 14.3 Å². The van der Waals surface area contributed by atoms with E-state index in [2.05, 4.69) is 12.2 Å². The number of esters is 1. The number of hydrogen-bond donors (Lipinski definition) is 1. The zero-order valence-corrected chi connectivity index (χ0v) is 12.6. The predicted octanol–water partition coefficient (Wildman–Crippen LogP) is 1.18. The van der Waals surface area contributed by atoms with Crippen LogP contribution < -0.4 is 5.32 Å². The molecule has 0 aliphatic carbocycles. The average Bonchev–Trinajstić information content (AvgIpc) is 2.47. The minimum absolute atomic E-state index is 0.118. The molecule has 0 saturated carbocycles. The fourth-order valence-electron chi connectivity index (χ4n) is 3.24. The van der Waals surface area contributed by atoms with Gasteiger partial charge in [-0.15, -0.1) is 0 Å². The Morgan fingerprint density at radius 2 is 2.10 bits per heavy atom. The lowest BCUT2D eigenvalue weighted by Crippen LogP contribution is -2.48. The van der Waals surface area contributed by atoms with Crippen LogP contribution >= 0.6 is 0 Å². The second kappa shape index (κ2) is 7.07. The molecule has 0 bridgehead atoms. The summed E-state index contributed by atoms with van der Waals surface area (Å²) in [5.74, 6) is 0.0648. The summed E-state index contributed by atoms with van der Waals surface area (Å²) in [6.07, 6.45) is 3.55. The highest BCUT2D eigenvalue weighted by Crippen LogP contribution is 2.24. The smallest absolute Gasteiger partial charge is 0.310 e. The first-order valence-electron chi connectivity index (χ1n) is 7.80. The first-order valence-corrected chi connectivity index (χ1v) is 7.80. The van der Waals surface area contributed by atoms with E-state index in [0.717, 1.165) is 38.8 Å². The molecule has 0 aromatic carbocycles. The molecule has 3 atom stereocenters. The fourth-order valence-corrected chi connectivity index (χ4v) is 3.24.